The molecule has 0 atom stereocenters. The number of aromatic nitrogens is 1. The van der Waals surface area contributed by atoms with Crippen molar-refractivity contribution in [2.45, 2.75) is 6.42 Å². The number of rotatable bonds is 7. The van der Waals surface area contributed by atoms with Crippen molar-refractivity contribution in [3.8, 4) is 17.1 Å². The van der Waals surface area contributed by atoms with Crippen molar-refractivity contribution in [2.24, 2.45) is 0 Å². The van der Waals surface area contributed by atoms with Gasteiger partial charge in [-0.25, -0.2) is 0 Å². The molecule has 2 aromatic carbocycles. The molecular weight excluding hydrogens is 304 g/mol. The van der Waals surface area contributed by atoms with E-state index in [1.807, 2.05) is 66.7 Å². The summed E-state index contributed by atoms with van der Waals surface area (Å²) in [5.41, 5.74) is 1.79. The van der Waals surface area contributed by atoms with Crippen LogP contribution in [0.2, 0.25) is 0 Å². The Kier molecular flexibility index (Phi) is 5.24. The second-order valence-corrected chi connectivity index (χ2v) is 5.25. The second kappa shape index (κ2) is 7.97. The summed E-state index contributed by atoms with van der Waals surface area (Å²) in [6.45, 7) is 0.482. The van der Waals surface area contributed by atoms with Crippen molar-refractivity contribution in [3.05, 3.63) is 72.4 Å². The Balaban J connectivity index is 1.42. The lowest BCUT2D eigenvalue weighted by Crippen LogP contribution is -2.30. The van der Waals surface area contributed by atoms with Crippen LogP contribution in [0.1, 0.15) is 5.69 Å². The molecule has 0 aliphatic carbocycles. The minimum absolute atomic E-state index is 0.00189. The third-order valence-electron chi connectivity index (χ3n) is 3.43. The van der Waals surface area contributed by atoms with Gasteiger partial charge in [-0.3, -0.25) is 4.79 Å². The van der Waals surface area contributed by atoms with Crippen LogP contribution in [-0.2, 0) is 11.2 Å². The number of ether oxygens (including phenoxy) is 1. The van der Waals surface area contributed by atoms with Crippen molar-refractivity contribution < 1.29 is 14.1 Å². The van der Waals surface area contributed by atoms with Gasteiger partial charge >= 0.3 is 0 Å². The summed E-state index contributed by atoms with van der Waals surface area (Å²) in [5, 5.41) is 6.83. The molecule has 3 aromatic rings. The van der Waals surface area contributed by atoms with E-state index in [1.165, 1.54) is 0 Å². The maximum Gasteiger partial charge on any atom is 0.257 e. The molecule has 0 radical (unpaired) electrons. The predicted molar refractivity (Wildman–Crippen MR) is 90.6 cm³/mol. The largest absolute Gasteiger partial charge is 0.484 e. The molecule has 0 saturated carbocycles. The zero-order valence-corrected chi connectivity index (χ0v) is 13.1. The van der Waals surface area contributed by atoms with Crippen molar-refractivity contribution in [3.63, 3.8) is 0 Å². The fraction of sp³-hybridized carbons (Fsp3) is 0.158. The molecule has 5 nitrogen and oxygen atoms in total. The van der Waals surface area contributed by atoms with Crippen LogP contribution in [0.5, 0.6) is 5.75 Å². The zero-order valence-electron chi connectivity index (χ0n) is 13.1. The lowest BCUT2D eigenvalue weighted by Gasteiger charge is -2.06. The van der Waals surface area contributed by atoms with Gasteiger partial charge in [-0.1, -0.05) is 53.7 Å². The van der Waals surface area contributed by atoms with E-state index in [1.54, 1.807) is 0 Å². The smallest absolute Gasteiger partial charge is 0.257 e. The van der Waals surface area contributed by atoms with Gasteiger partial charge in [-0.2, -0.15) is 0 Å². The molecule has 1 amide bonds. The number of amides is 1. The van der Waals surface area contributed by atoms with Gasteiger partial charge in [0.2, 0.25) is 0 Å². The van der Waals surface area contributed by atoms with Crippen molar-refractivity contribution in [1.29, 1.82) is 0 Å². The summed E-state index contributed by atoms with van der Waals surface area (Å²) in [5.74, 6) is 1.24. The van der Waals surface area contributed by atoms with Gasteiger partial charge < -0.3 is 14.6 Å². The maximum atomic E-state index is 11.8. The Hall–Kier alpha value is -3.08. The van der Waals surface area contributed by atoms with Crippen LogP contribution in [0.4, 0.5) is 0 Å². The third-order valence-corrected chi connectivity index (χ3v) is 3.43. The van der Waals surface area contributed by atoms with E-state index in [0.29, 0.717) is 18.7 Å². The Bertz CT molecular complexity index is 770. The van der Waals surface area contributed by atoms with Gasteiger partial charge in [0.05, 0.1) is 5.69 Å². The van der Waals surface area contributed by atoms with Crippen LogP contribution >= 0.6 is 0 Å². The molecule has 24 heavy (non-hydrogen) atoms. The monoisotopic (exact) mass is 322 g/mol. The molecule has 122 valence electrons. The fourth-order valence-corrected chi connectivity index (χ4v) is 2.21. The highest BCUT2D eigenvalue weighted by atomic mass is 16.5. The van der Waals surface area contributed by atoms with Crippen LogP contribution < -0.4 is 10.1 Å². The molecule has 0 unspecified atom stereocenters. The Morgan fingerprint density at radius 2 is 1.75 bits per heavy atom. The molecule has 0 bridgehead atoms. The number of nitrogens with one attached hydrogen (secondary N) is 1. The topological polar surface area (TPSA) is 64.4 Å². The van der Waals surface area contributed by atoms with E-state index < -0.39 is 0 Å². The third kappa shape index (κ3) is 4.46. The molecule has 0 saturated heterocycles. The van der Waals surface area contributed by atoms with Crippen molar-refractivity contribution >= 4 is 5.91 Å². The normalized spacial score (nSPS) is 10.3. The van der Waals surface area contributed by atoms with E-state index >= 15 is 0 Å². The number of benzene rings is 2. The first kappa shape index (κ1) is 15.8. The molecule has 0 fully saturated rings. The van der Waals surface area contributed by atoms with Crippen LogP contribution in [0.15, 0.2) is 71.3 Å². The van der Waals surface area contributed by atoms with E-state index in [2.05, 4.69) is 10.5 Å². The number of carbonyl (C=O) groups is 1. The SMILES string of the molecule is O=C(COc1ccccc1)NCCc1cc(-c2ccccc2)on1. The Labute approximate surface area is 140 Å². The predicted octanol–water partition coefficient (Wildman–Crippen LogP) is 3.08. The summed E-state index contributed by atoms with van der Waals surface area (Å²) in [6, 6.07) is 20.9. The first-order valence-corrected chi connectivity index (χ1v) is 7.77. The average molecular weight is 322 g/mol. The summed E-state index contributed by atoms with van der Waals surface area (Å²) < 4.78 is 10.7. The molecule has 1 N–H and O–H groups in total. The van der Waals surface area contributed by atoms with Crippen LogP contribution in [-0.4, -0.2) is 24.2 Å². The summed E-state index contributed by atoms with van der Waals surface area (Å²) >= 11 is 0. The lowest BCUT2D eigenvalue weighted by atomic mass is 10.1. The average Bonchev–Trinajstić information content (AvgIpc) is 3.11. The van der Waals surface area contributed by atoms with Crippen LogP contribution in [0.3, 0.4) is 0 Å². The highest BCUT2D eigenvalue weighted by Crippen LogP contribution is 2.19. The van der Waals surface area contributed by atoms with E-state index in [9.17, 15) is 4.79 Å². The molecule has 0 aliphatic heterocycles. The van der Waals surface area contributed by atoms with Gasteiger partial charge in [-0.05, 0) is 12.1 Å². The fourth-order valence-electron chi connectivity index (χ4n) is 2.21. The highest BCUT2D eigenvalue weighted by molar-refractivity contribution is 5.77. The molecule has 1 aromatic heterocycles. The standard InChI is InChI=1S/C19H18N2O3/c22-19(14-23-17-9-5-2-6-10-17)20-12-11-16-13-18(24-21-16)15-7-3-1-4-8-15/h1-10,13H,11-12,14H2,(H,20,22). The van der Waals surface area contributed by atoms with Crippen molar-refractivity contribution in [2.75, 3.05) is 13.2 Å². The lowest BCUT2D eigenvalue weighted by molar-refractivity contribution is -0.123. The maximum absolute atomic E-state index is 11.8. The number of carbonyl (C=O) groups excluding carboxylic acids is 1. The van der Waals surface area contributed by atoms with Crippen molar-refractivity contribution in [1.82, 2.24) is 10.5 Å². The molecule has 5 heteroatoms. The first-order valence-electron chi connectivity index (χ1n) is 7.77. The van der Waals surface area contributed by atoms with E-state index in [0.717, 1.165) is 17.0 Å². The zero-order chi connectivity index (χ0) is 16.6. The number of para-hydroxylation sites is 1. The van der Waals surface area contributed by atoms with Gasteiger partial charge in [0.1, 0.15) is 5.75 Å². The Morgan fingerprint density at radius 3 is 2.50 bits per heavy atom. The van der Waals surface area contributed by atoms with E-state index in [4.69, 9.17) is 9.26 Å². The molecular formula is C19H18N2O3. The quantitative estimate of drug-likeness (QED) is 0.726. The number of hydrogen-bond donors (Lipinski definition) is 1. The Morgan fingerprint density at radius 1 is 1.04 bits per heavy atom. The molecule has 1 heterocycles. The summed E-state index contributed by atoms with van der Waals surface area (Å²) in [4.78, 5) is 11.8. The molecule has 3 rings (SSSR count). The van der Waals surface area contributed by atoms with Crippen LogP contribution in [0.25, 0.3) is 11.3 Å². The first-order chi connectivity index (χ1) is 11.8. The van der Waals surface area contributed by atoms with E-state index in [-0.39, 0.29) is 12.5 Å². The number of nitrogens with zero attached hydrogens (tertiary/aromatic N) is 1. The van der Waals surface area contributed by atoms with Gasteiger partial charge in [0.15, 0.2) is 12.4 Å². The van der Waals surface area contributed by atoms with Crippen LogP contribution in [0, 0.1) is 0 Å². The van der Waals surface area contributed by atoms with Gasteiger partial charge in [-0.15, -0.1) is 0 Å². The summed E-state index contributed by atoms with van der Waals surface area (Å²) in [7, 11) is 0. The molecule has 0 spiro atoms. The number of hydrogen-bond acceptors (Lipinski definition) is 4. The minimum atomic E-state index is -0.161. The molecule has 0 aliphatic rings. The highest BCUT2D eigenvalue weighted by Gasteiger charge is 2.07. The van der Waals surface area contributed by atoms with Gasteiger partial charge in [0, 0.05) is 24.6 Å². The minimum Gasteiger partial charge on any atom is -0.484 e. The second-order valence-electron chi connectivity index (χ2n) is 5.25. The van der Waals surface area contributed by atoms with Gasteiger partial charge in [0.25, 0.3) is 5.91 Å². The summed E-state index contributed by atoms with van der Waals surface area (Å²) in [6.07, 6.45) is 0.605.